The number of hydrogen-bond acceptors (Lipinski definition) is 1. The molecule has 1 atom stereocenters. The van der Waals surface area contributed by atoms with Crippen LogP contribution in [0.1, 0.15) is 0 Å². The molecule has 0 aliphatic heterocycles. The Morgan fingerprint density at radius 1 is 1.71 bits per heavy atom. The van der Waals surface area contributed by atoms with Gasteiger partial charge in [-0.3, -0.25) is 5.73 Å². The van der Waals surface area contributed by atoms with Crippen molar-refractivity contribution in [3.8, 4) is 0 Å². The van der Waals surface area contributed by atoms with Crippen molar-refractivity contribution in [3.05, 3.63) is 12.2 Å². The van der Waals surface area contributed by atoms with Crippen molar-refractivity contribution in [2.45, 2.75) is 6.30 Å². The van der Waals surface area contributed by atoms with Crippen molar-refractivity contribution in [3.63, 3.8) is 0 Å². The van der Waals surface area contributed by atoms with Gasteiger partial charge in [-0.15, -0.1) is 0 Å². The molecule has 0 amide bonds. The van der Waals surface area contributed by atoms with Crippen molar-refractivity contribution in [2.75, 3.05) is 0 Å². The van der Waals surface area contributed by atoms with Gasteiger partial charge in [0.2, 0.25) is 6.30 Å². The van der Waals surface area contributed by atoms with Crippen molar-refractivity contribution in [1.29, 1.82) is 0 Å². The van der Waals surface area contributed by atoms with Gasteiger partial charge in [-0.05, 0) is 0 Å². The van der Waals surface area contributed by atoms with E-state index >= 15 is 0 Å². The third-order valence-corrected chi connectivity index (χ3v) is 0.368. The minimum absolute atomic E-state index is 0.509. The molecule has 42 valence electrons. The average Bonchev–Trinajstić information content (AvgIpc) is 1.65. The number of nitrogens with two attached hydrogens (primary N) is 1. The summed E-state index contributed by atoms with van der Waals surface area (Å²) >= 11 is 0. The summed E-state index contributed by atoms with van der Waals surface area (Å²) in [5.74, 6) is -1.58. The zero-order chi connectivity index (χ0) is 5.86. The van der Waals surface area contributed by atoms with Crippen LogP contribution >= 0.6 is 0 Å². The van der Waals surface area contributed by atoms with E-state index in [0.29, 0.717) is 0 Å². The standard InChI is InChI=1S/C3H4F3N/c4-1-2(5)3(6)7/h1,3H,7H2. The Bertz CT molecular complexity index is 78.2. The van der Waals surface area contributed by atoms with Gasteiger partial charge in [0.25, 0.3) is 0 Å². The highest BCUT2D eigenvalue weighted by Gasteiger charge is 2.03. The second-order valence-corrected chi connectivity index (χ2v) is 0.896. The van der Waals surface area contributed by atoms with Crippen LogP contribution in [0.5, 0.6) is 0 Å². The van der Waals surface area contributed by atoms with Gasteiger partial charge in [-0.2, -0.15) is 0 Å². The molecule has 0 aliphatic rings. The van der Waals surface area contributed by atoms with E-state index in [1.807, 2.05) is 0 Å². The van der Waals surface area contributed by atoms with Gasteiger partial charge < -0.3 is 0 Å². The fourth-order valence-electron chi connectivity index (χ4n) is 0.0602. The van der Waals surface area contributed by atoms with Gasteiger partial charge in [0, 0.05) is 0 Å². The first-order valence-corrected chi connectivity index (χ1v) is 1.54. The van der Waals surface area contributed by atoms with E-state index in [2.05, 4.69) is 5.73 Å². The first kappa shape index (κ1) is 6.49. The molecule has 0 rings (SSSR count). The predicted octanol–water partition coefficient (Wildman–Crippen LogP) is 1.02. The molecule has 0 aliphatic carbocycles. The molecule has 0 fully saturated rings. The van der Waals surface area contributed by atoms with E-state index in [4.69, 9.17) is 0 Å². The van der Waals surface area contributed by atoms with Crippen LogP contribution < -0.4 is 5.73 Å². The topological polar surface area (TPSA) is 26.0 Å². The van der Waals surface area contributed by atoms with E-state index in [-0.39, 0.29) is 0 Å². The summed E-state index contributed by atoms with van der Waals surface area (Å²) in [6.07, 6.45) is -2.82. The Hall–Kier alpha value is -0.510. The summed E-state index contributed by atoms with van der Waals surface area (Å²) in [7, 11) is 0. The lowest BCUT2D eigenvalue weighted by Crippen LogP contribution is -2.12. The van der Waals surface area contributed by atoms with Crippen molar-refractivity contribution in [2.24, 2.45) is 5.73 Å². The largest absolute Gasteiger partial charge is 0.296 e. The third kappa shape index (κ3) is 2.22. The van der Waals surface area contributed by atoms with E-state index in [0.717, 1.165) is 0 Å². The monoisotopic (exact) mass is 111 g/mol. The Balaban J connectivity index is 3.56. The minimum atomic E-state index is -2.31. The third-order valence-electron chi connectivity index (χ3n) is 0.368. The predicted molar refractivity (Wildman–Crippen MR) is 19.4 cm³/mol. The van der Waals surface area contributed by atoms with Crippen LogP contribution in [0.25, 0.3) is 0 Å². The summed E-state index contributed by atoms with van der Waals surface area (Å²) in [6.45, 7) is 0. The molecule has 0 heterocycles. The number of hydrogen-bond donors (Lipinski definition) is 1. The Morgan fingerprint density at radius 2 is 2.14 bits per heavy atom. The van der Waals surface area contributed by atoms with Gasteiger partial charge in [-0.1, -0.05) is 0 Å². The van der Waals surface area contributed by atoms with Crippen LogP contribution in [-0.4, -0.2) is 6.30 Å². The molecule has 0 spiro atoms. The Labute approximate surface area is 38.6 Å². The van der Waals surface area contributed by atoms with Crippen LogP contribution in [-0.2, 0) is 0 Å². The van der Waals surface area contributed by atoms with Crippen LogP contribution in [0, 0.1) is 0 Å². The van der Waals surface area contributed by atoms with E-state index in [9.17, 15) is 13.2 Å². The van der Waals surface area contributed by atoms with Gasteiger partial charge in [0.05, 0.1) is 0 Å². The van der Waals surface area contributed by atoms with Crippen molar-refractivity contribution in [1.82, 2.24) is 0 Å². The number of alkyl halides is 1. The van der Waals surface area contributed by atoms with E-state index in [1.165, 1.54) is 0 Å². The van der Waals surface area contributed by atoms with Crippen LogP contribution in [0.4, 0.5) is 13.2 Å². The Morgan fingerprint density at radius 3 is 2.14 bits per heavy atom. The molecule has 1 unspecified atom stereocenters. The maximum absolute atomic E-state index is 11.2. The summed E-state index contributed by atoms with van der Waals surface area (Å²) in [4.78, 5) is 0. The van der Waals surface area contributed by atoms with Gasteiger partial charge in [0.15, 0.2) is 5.83 Å². The van der Waals surface area contributed by atoms with Gasteiger partial charge >= 0.3 is 0 Å². The quantitative estimate of drug-likeness (QED) is 0.502. The molecule has 0 bridgehead atoms. The van der Waals surface area contributed by atoms with Crippen LogP contribution in [0.3, 0.4) is 0 Å². The van der Waals surface area contributed by atoms with Gasteiger partial charge in [0.1, 0.15) is 6.33 Å². The molecule has 2 N–H and O–H groups in total. The lowest BCUT2D eigenvalue weighted by molar-refractivity contribution is 0.327. The Kier molecular flexibility index (Phi) is 2.44. The first-order valence-electron chi connectivity index (χ1n) is 1.54. The smallest absolute Gasteiger partial charge is 0.203 e. The lowest BCUT2D eigenvalue weighted by atomic mass is 10.6. The lowest BCUT2D eigenvalue weighted by Gasteiger charge is -1.90. The van der Waals surface area contributed by atoms with E-state index in [1.54, 1.807) is 0 Å². The molecular weight excluding hydrogens is 107 g/mol. The van der Waals surface area contributed by atoms with E-state index < -0.39 is 18.5 Å². The molecule has 1 nitrogen and oxygen atoms in total. The molecule has 0 aromatic carbocycles. The summed E-state index contributed by atoms with van der Waals surface area (Å²) in [6, 6.07) is 0. The average molecular weight is 111 g/mol. The zero-order valence-corrected chi connectivity index (χ0v) is 3.37. The molecule has 0 saturated carbocycles. The molecular formula is C3H4F3N. The fourth-order valence-corrected chi connectivity index (χ4v) is 0.0602. The zero-order valence-electron chi connectivity index (χ0n) is 3.37. The maximum atomic E-state index is 11.2. The summed E-state index contributed by atoms with van der Waals surface area (Å²) < 4.78 is 33.2. The SMILES string of the molecule is NC(F)C(F)=CF. The molecule has 4 heteroatoms. The van der Waals surface area contributed by atoms with Gasteiger partial charge in [-0.25, -0.2) is 13.2 Å². The molecule has 0 aromatic rings. The molecule has 0 radical (unpaired) electrons. The first-order chi connectivity index (χ1) is 3.18. The number of rotatable bonds is 1. The van der Waals surface area contributed by atoms with Crippen molar-refractivity contribution < 1.29 is 13.2 Å². The van der Waals surface area contributed by atoms with Crippen molar-refractivity contribution >= 4 is 0 Å². The highest BCUT2D eigenvalue weighted by Crippen LogP contribution is 2.01. The second kappa shape index (κ2) is 2.63. The molecule has 0 saturated heterocycles. The maximum Gasteiger partial charge on any atom is 0.203 e. The highest BCUT2D eigenvalue weighted by molar-refractivity contribution is 4.89. The number of halogens is 3. The molecule has 0 aromatic heterocycles. The van der Waals surface area contributed by atoms with Crippen LogP contribution in [0.15, 0.2) is 12.2 Å². The summed E-state index contributed by atoms with van der Waals surface area (Å²) in [5, 5.41) is 0. The summed E-state index contributed by atoms with van der Waals surface area (Å²) in [5.41, 5.74) is 4.20. The van der Waals surface area contributed by atoms with Crippen LogP contribution in [0.2, 0.25) is 0 Å². The molecule has 7 heavy (non-hydrogen) atoms. The second-order valence-electron chi connectivity index (χ2n) is 0.896. The highest BCUT2D eigenvalue weighted by atomic mass is 19.2. The normalized spacial score (nSPS) is 16.9. The minimum Gasteiger partial charge on any atom is -0.296 e. The fraction of sp³-hybridized carbons (Fsp3) is 0.333.